The molecule has 0 unspecified atom stereocenters. The van der Waals surface area contributed by atoms with Crippen molar-refractivity contribution in [2.45, 2.75) is 64.3 Å². The molecule has 4 N–H and O–H groups in total. The molecule has 9 nitrogen and oxygen atoms in total. The summed E-state index contributed by atoms with van der Waals surface area (Å²) in [5, 5.41) is 9.84. The number of anilines is 4. The molecule has 36 heavy (non-hydrogen) atoms. The number of H-pyrrole nitrogens is 1. The van der Waals surface area contributed by atoms with Gasteiger partial charge in [0, 0.05) is 49.3 Å². The van der Waals surface area contributed by atoms with E-state index in [1.807, 2.05) is 35.4 Å². The molecule has 1 aliphatic carbocycles. The molecule has 0 radical (unpaired) electrons. The lowest BCUT2D eigenvalue weighted by atomic mass is 9.96. The Hall–Kier alpha value is -3.14. The Balaban J connectivity index is 1.38. The van der Waals surface area contributed by atoms with Crippen molar-refractivity contribution < 1.29 is 4.79 Å². The van der Waals surface area contributed by atoms with Gasteiger partial charge in [-0.05, 0) is 59.5 Å². The van der Waals surface area contributed by atoms with E-state index >= 15 is 0 Å². The SMILES string of the molecule is CCCCN(C(=O)NC1CCCCC1)c1ccc(Nc2ncc(Br)c(NCCc3c[nH]cn3)n2)cc1. The zero-order chi connectivity index (χ0) is 25.2. The molecule has 0 atom stereocenters. The van der Waals surface area contributed by atoms with Crippen molar-refractivity contribution in [1.82, 2.24) is 25.3 Å². The normalized spacial score (nSPS) is 13.8. The minimum Gasteiger partial charge on any atom is -0.369 e. The lowest BCUT2D eigenvalue weighted by molar-refractivity contribution is 0.238. The van der Waals surface area contributed by atoms with Crippen LogP contribution in [0.5, 0.6) is 0 Å². The summed E-state index contributed by atoms with van der Waals surface area (Å²) in [7, 11) is 0. The number of benzene rings is 1. The van der Waals surface area contributed by atoms with Crippen LogP contribution in [-0.4, -0.2) is 45.1 Å². The van der Waals surface area contributed by atoms with E-state index in [2.05, 4.69) is 58.7 Å². The first kappa shape index (κ1) is 25.9. The van der Waals surface area contributed by atoms with Gasteiger partial charge in [0.15, 0.2) is 0 Å². The molecule has 2 heterocycles. The lowest BCUT2D eigenvalue weighted by Crippen LogP contribution is -2.46. The summed E-state index contributed by atoms with van der Waals surface area (Å²) in [5.41, 5.74) is 2.73. The first-order chi connectivity index (χ1) is 17.6. The summed E-state index contributed by atoms with van der Waals surface area (Å²) in [5.74, 6) is 1.20. The number of unbranched alkanes of at least 4 members (excludes halogenated alkanes) is 1. The van der Waals surface area contributed by atoms with Crippen molar-refractivity contribution in [2.24, 2.45) is 0 Å². The maximum absolute atomic E-state index is 13.1. The first-order valence-electron chi connectivity index (χ1n) is 12.8. The van der Waals surface area contributed by atoms with Crippen LogP contribution >= 0.6 is 15.9 Å². The average molecular weight is 556 g/mol. The Morgan fingerprint density at radius 2 is 1.97 bits per heavy atom. The maximum Gasteiger partial charge on any atom is 0.322 e. The summed E-state index contributed by atoms with van der Waals surface area (Å²) in [4.78, 5) is 31.1. The van der Waals surface area contributed by atoms with Crippen LogP contribution in [0.3, 0.4) is 0 Å². The Morgan fingerprint density at radius 3 is 2.69 bits per heavy atom. The molecular formula is C26H35BrN8O. The highest BCUT2D eigenvalue weighted by Gasteiger charge is 2.21. The van der Waals surface area contributed by atoms with Gasteiger partial charge in [0.1, 0.15) is 5.82 Å². The van der Waals surface area contributed by atoms with Crippen molar-refractivity contribution in [3.05, 3.63) is 53.2 Å². The third-order valence-corrected chi connectivity index (χ3v) is 6.90. The second-order valence-electron chi connectivity index (χ2n) is 9.09. The van der Waals surface area contributed by atoms with Crippen molar-refractivity contribution in [3.63, 3.8) is 0 Å². The van der Waals surface area contributed by atoms with Crippen LogP contribution < -0.4 is 20.9 Å². The number of aromatic nitrogens is 4. The fourth-order valence-corrected chi connectivity index (χ4v) is 4.64. The molecule has 192 valence electrons. The molecule has 0 spiro atoms. The predicted molar refractivity (Wildman–Crippen MR) is 148 cm³/mol. The predicted octanol–water partition coefficient (Wildman–Crippen LogP) is 6.01. The van der Waals surface area contributed by atoms with E-state index in [9.17, 15) is 4.79 Å². The van der Waals surface area contributed by atoms with E-state index < -0.39 is 0 Å². The number of hydrogen-bond acceptors (Lipinski definition) is 6. The number of aromatic amines is 1. The highest BCUT2D eigenvalue weighted by atomic mass is 79.9. The van der Waals surface area contributed by atoms with Crippen molar-refractivity contribution in [1.29, 1.82) is 0 Å². The molecule has 1 aliphatic rings. The third kappa shape index (κ3) is 7.43. The molecule has 10 heteroatoms. The molecule has 0 bridgehead atoms. The molecule has 4 rings (SSSR count). The molecule has 2 aromatic heterocycles. The fourth-order valence-electron chi connectivity index (χ4n) is 4.31. The maximum atomic E-state index is 13.1. The van der Waals surface area contributed by atoms with Crippen molar-refractivity contribution in [2.75, 3.05) is 28.6 Å². The molecular weight excluding hydrogens is 520 g/mol. The van der Waals surface area contributed by atoms with Gasteiger partial charge in [-0.1, -0.05) is 32.6 Å². The molecule has 2 amide bonds. The molecule has 1 saturated carbocycles. The zero-order valence-corrected chi connectivity index (χ0v) is 22.4. The van der Waals surface area contributed by atoms with Gasteiger partial charge in [-0.3, -0.25) is 4.90 Å². The molecule has 0 aliphatic heterocycles. The number of urea groups is 1. The van der Waals surface area contributed by atoms with Gasteiger partial charge in [-0.25, -0.2) is 14.8 Å². The zero-order valence-electron chi connectivity index (χ0n) is 20.8. The third-order valence-electron chi connectivity index (χ3n) is 6.32. The summed E-state index contributed by atoms with van der Waals surface area (Å²) in [6.07, 6.45) is 13.9. The molecule has 1 fully saturated rings. The summed E-state index contributed by atoms with van der Waals surface area (Å²) in [6.45, 7) is 3.54. The smallest absolute Gasteiger partial charge is 0.322 e. The van der Waals surface area contributed by atoms with Crippen molar-refractivity contribution in [3.8, 4) is 0 Å². The highest BCUT2D eigenvalue weighted by molar-refractivity contribution is 9.10. The number of carbonyl (C=O) groups excluding carboxylic acids is 1. The lowest BCUT2D eigenvalue weighted by Gasteiger charge is -2.28. The number of imidazole rings is 1. The molecule has 0 saturated heterocycles. The van der Waals surface area contributed by atoms with Gasteiger partial charge in [0.25, 0.3) is 0 Å². The van der Waals surface area contributed by atoms with Crippen LogP contribution in [0.2, 0.25) is 0 Å². The Bertz CT molecular complexity index is 1080. The van der Waals surface area contributed by atoms with E-state index in [1.54, 1.807) is 12.5 Å². The summed E-state index contributed by atoms with van der Waals surface area (Å²) < 4.78 is 0.793. The van der Waals surface area contributed by atoms with E-state index in [4.69, 9.17) is 0 Å². The Labute approximate surface area is 221 Å². The number of nitrogens with one attached hydrogen (secondary N) is 4. The second-order valence-corrected chi connectivity index (χ2v) is 9.94. The van der Waals surface area contributed by atoms with E-state index in [-0.39, 0.29) is 12.1 Å². The molecule has 3 aromatic rings. The number of nitrogens with zero attached hydrogens (tertiary/aromatic N) is 4. The van der Waals surface area contributed by atoms with Gasteiger partial charge in [-0.15, -0.1) is 0 Å². The Kier molecular flexibility index (Phi) is 9.54. The van der Waals surface area contributed by atoms with Crippen LogP contribution in [0.25, 0.3) is 0 Å². The Morgan fingerprint density at radius 1 is 1.17 bits per heavy atom. The van der Waals surface area contributed by atoms with Crippen LogP contribution in [0.4, 0.5) is 27.9 Å². The van der Waals surface area contributed by atoms with E-state index in [1.165, 1.54) is 19.3 Å². The van der Waals surface area contributed by atoms with Crippen LogP contribution in [0.1, 0.15) is 57.6 Å². The van der Waals surface area contributed by atoms with Gasteiger partial charge < -0.3 is 20.9 Å². The summed E-state index contributed by atoms with van der Waals surface area (Å²) in [6, 6.07) is 8.14. The van der Waals surface area contributed by atoms with Gasteiger partial charge in [-0.2, -0.15) is 4.98 Å². The topological polar surface area (TPSA) is 111 Å². The number of amides is 2. The van der Waals surface area contributed by atoms with Crippen molar-refractivity contribution >= 4 is 45.1 Å². The fraction of sp³-hybridized carbons (Fsp3) is 0.462. The molecule has 1 aromatic carbocycles. The largest absolute Gasteiger partial charge is 0.369 e. The van der Waals surface area contributed by atoms with Gasteiger partial charge in [0.2, 0.25) is 5.95 Å². The highest BCUT2D eigenvalue weighted by Crippen LogP contribution is 2.25. The monoisotopic (exact) mass is 554 g/mol. The second kappa shape index (κ2) is 13.2. The van der Waals surface area contributed by atoms with Crippen LogP contribution in [-0.2, 0) is 6.42 Å². The van der Waals surface area contributed by atoms with Gasteiger partial charge >= 0.3 is 6.03 Å². The van der Waals surface area contributed by atoms with Crippen LogP contribution in [0.15, 0.2) is 47.5 Å². The summed E-state index contributed by atoms with van der Waals surface area (Å²) >= 11 is 3.51. The number of rotatable bonds is 11. The standard InChI is InChI=1S/C26H35BrN8O/c1-2-3-15-35(26(36)33-19-7-5-4-6-8-19)22-11-9-20(10-12-22)32-25-30-17-23(27)24(34-25)29-14-13-21-16-28-18-31-21/h9-12,16-19H,2-8,13-15H2,1H3,(H,28,31)(H,33,36)(H2,29,30,32,34). The van der Waals surface area contributed by atoms with Gasteiger partial charge in [0.05, 0.1) is 16.5 Å². The van der Waals surface area contributed by atoms with E-state index in [0.717, 1.165) is 53.6 Å². The van der Waals surface area contributed by atoms with Crippen LogP contribution in [0, 0.1) is 0 Å². The number of halogens is 1. The number of hydrogen-bond donors (Lipinski definition) is 4. The minimum absolute atomic E-state index is 0.00198. The minimum atomic E-state index is -0.00198. The quantitative estimate of drug-likeness (QED) is 0.231. The number of carbonyl (C=O) groups is 1. The average Bonchev–Trinajstić information content (AvgIpc) is 3.41. The van der Waals surface area contributed by atoms with E-state index in [0.29, 0.717) is 24.9 Å². The first-order valence-corrected chi connectivity index (χ1v) is 13.6.